The Morgan fingerprint density at radius 2 is 1.79 bits per heavy atom. The number of amidine groups is 1. The van der Waals surface area contributed by atoms with Gasteiger partial charge in [-0.2, -0.15) is 8.42 Å². The number of likely N-dealkylation sites (tertiary alicyclic amines) is 2. The molecule has 9 heteroatoms. The minimum atomic E-state index is -3.71. The smallest absolute Gasteiger partial charge is 0.285 e. The highest BCUT2D eigenvalue weighted by Crippen LogP contribution is 2.35. The zero-order valence-electron chi connectivity index (χ0n) is 18.1. The van der Waals surface area contributed by atoms with Gasteiger partial charge in [0.05, 0.1) is 15.2 Å². The molecule has 6 rings (SSSR count). The van der Waals surface area contributed by atoms with Crippen LogP contribution in [0.2, 0.25) is 0 Å². The number of sulfonamides is 1. The number of thiazole rings is 1. The lowest BCUT2D eigenvalue weighted by Gasteiger charge is -2.36. The normalized spacial score (nSPS) is 24.2. The second-order valence-electron chi connectivity index (χ2n) is 8.88. The van der Waals surface area contributed by atoms with Gasteiger partial charge in [0, 0.05) is 31.1 Å². The predicted octanol–water partition coefficient (Wildman–Crippen LogP) is 3.62. The van der Waals surface area contributed by atoms with Crippen LogP contribution < -0.4 is 0 Å². The molecule has 0 unspecified atom stereocenters. The second-order valence-corrected chi connectivity index (χ2v) is 11.5. The lowest BCUT2D eigenvalue weighted by atomic mass is 9.97. The Morgan fingerprint density at radius 3 is 2.67 bits per heavy atom. The molecule has 0 N–H and O–H groups in total. The highest BCUT2D eigenvalue weighted by atomic mass is 32.2. The van der Waals surface area contributed by atoms with Crippen molar-refractivity contribution in [2.45, 2.75) is 42.5 Å². The number of nitrogens with zero attached hydrogens (tertiary/aromatic N) is 4. The number of fused-ring (bicyclic) bond motifs is 2. The number of hydrogen-bond acceptors (Lipinski definition) is 6. The van der Waals surface area contributed by atoms with Gasteiger partial charge in [-0.05, 0) is 49.9 Å². The first-order valence-electron chi connectivity index (χ1n) is 11.4. The fourth-order valence-electron chi connectivity index (χ4n) is 5.23. The third kappa shape index (κ3) is 3.54. The summed E-state index contributed by atoms with van der Waals surface area (Å²) in [5.74, 6) is 0.726. The Kier molecular flexibility index (Phi) is 4.99. The average Bonchev–Trinajstić information content (AvgIpc) is 3.55. The number of para-hydroxylation sites is 1. The summed E-state index contributed by atoms with van der Waals surface area (Å²) in [5, 5.41) is 1.09. The van der Waals surface area contributed by atoms with E-state index in [2.05, 4.69) is 10.5 Å². The first-order chi connectivity index (χ1) is 16.0. The van der Waals surface area contributed by atoms with Crippen molar-refractivity contribution in [3.05, 3.63) is 59.1 Å². The van der Waals surface area contributed by atoms with Gasteiger partial charge in [-0.3, -0.25) is 4.79 Å². The number of rotatable bonds is 2. The Balaban J connectivity index is 1.25. The molecule has 7 nitrogen and oxygen atoms in total. The van der Waals surface area contributed by atoms with Gasteiger partial charge in [0.2, 0.25) is 5.91 Å². The minimum absolute atomic E-state index is 0.0720. The van der Waals surface area contributed by atoms with Crippen LogP contribution in [0.25, 0.3) is 10.2 Å². The molecule has 2 aromatic carbocycles. The Labute approximate surface area is 196 Å². The van der Waals surface area contributed by atoms with Crippen molar-refractivity contribution in [2.75, 3.05) is 19.6 Å². The van der Waals surface area contributed by atoms with Crippen LogP contribution in [0.3, 0.4) is 0 Å². The third-order valence-corrected chi connectivity index (χ3v) is 9.34. The molecule has 33 heavy (non-hydrogen) atoms. The topological polar surface area (TPSA) is 82.9 Å². The largest absolute Gasteiger partial charge is 0.343 e. The van der Waals surface area contributed by atoms with Crippen LogP contribution >= 0.6 is 11.3 Å². The molecule has 4 heterocycles. The van der Waals surface area contributed by atoms with Crippen molar-refractivity contribution >= 4 is 43.3 Å². The fraction of sp³-hybridized carbons (Fsp3) is 0.375. The van der Waals surface area contributed by atoms with Gasteiger partial charge in [0.15, 0.2) is 5.84 Å². The summed E-state index contributed by atoms with van der Waals surface area (Å²) in [7, 11) is -3.71. The third-order valence-electron chi connectivity index (χ3n) is 6.82. The number of amides is 1. The SMILES string of the molecule is O=C([C@@H]1CCCN1C1=NS(=O)(=O)c2ccccc21)N1CCC[C@@H](c2nc3ccccc3s2)C1. The predicted molar refractivity (Wildman–Crippen MR) is 128 cm³/mol. The summed E-state index contributed by atoms with van der Waals surface area (Å²) >= 11 is 1.72. The molecule has 0 bridgehead atoms. The van der Waals surface area contributed by atoms with Crippen LogP contribution in [0.5, 0.6) is 0 Å². The molecule has 0 spiro atoms. The maximum atomic E-state index is 13.7. The maximum Gasteiger partial charge on any atom is 0.285 e. The number of aromatic nitrogens is 1. The van der Waals surface area contributed by atoms with E-state index in [4.69, 9.17) is 4.98 Å². The van der Waals surface area contributed by atoms with E-state index >= 15 is 0 Å². The van der Waals surface area contributed by atoms with Crippen molar-refractivity contribution in [3.63, 3.8) is 0 Å². The van der Waals surface area contributed by atoms with E-state index in [0.717, 1.165) is 36.3 Å². The van der Waals surface area contributed by atoms with Gasteiger partial charge in [0.25, 0.3) is 10.0 Å². The highest BCUT2D eigenvalue weighted by Gasteiger charge is 2.41. The van der Waals surface area contributed by atoms with Crippen molar-refractivity contribution in [1.29, 1.82) is 0 Å². The Hall–Kier alpha value is -2.78. The average molecular weight is 481 g/mol. The lowest BCUT2D eigenvalue weighted by Crippen LogP contribution is -2.50. The number of benzene rings is 2. The molecule has 1 amide bonds. The molecule has 0 aliphatic carbocycles. The molecule has 170 valence electrons. The van der Waals surface area contributed by atoms with Crippen molar-refractivity contribution in [1.82, 2.24) is 14.8 Å². The van der Waals surface area contributed by atoms with Crippen LogP contribution in [0.1, 0.15) is 42.2 Å². The molecule has 0 saturated carbocycles. The maximum absolute atomic E-state index is 13.7. The quantitative estimate of drug-likeness (QED) is 0.560. The van der Waals surface area contributed by atoms with Crippen LogP contribution in [0.4, 0.5) is 0 Å². The summed E-state index contributed by atoms with van der Waals surface area (Å²) < 4.78 is 30.4. The van der Waals surface area contributed by atoms with E-state index in [1.807, 2.05) is 34.1 Å². The lowest BCUT2D eigenvalue weighted by molar-refractivity contribution is -0.136. The van der Waals surface area contributed by atoms with Crippen LogP contribution in [-0.4, -0.2) is 60.6 Å². The zero-order chi connectivity index (χ0) is 22.6. The first kappa shape index (κ1) is 20.8. The number of carbonyl (C=O) groups excluding carboxylic acids is 1. The monoisotopic (exact) mass is 480 g/mol. The van der Waals surface area contributed by atoms with Crippen molar-refractivity contribution in [3.8, 4) is 0 Å². The van der Waals surface area contributed by atoms with E-state index < -0.39 is 10.0 Å². The van der Waals surface area contributed by atoms with Crippen LogP contribution in [-0.2, 0) is 14.8 Å². The van der Waals surface area contributed by atoms with Gasteiger partial charge in [0.1, 0.15) is 10.9 Å². The van der Waals surface area contributed by atoms with Crippen molar-refractivity contribution in [2.24, 2.45) is 4.40 Å². The molecule has 3 aliphatic rings. The number of carbonyl (C=O) groups is 1. The van der Waals surface area contributed by atoms with E-state index in [0.29, 0.717) is 30.9 Å². The summed E-state index contributed by atoms with van der Waals surface area (Å²) in [6.07, 6.45) is 3.52. The first-order valence-corrected chi connectivity index (χ1v) is 13.6. The minimum Gasteiger partial charge on any atom is -0.343 e. The molecule has 2 atom stereocenters. The van der Waals surface area contributed by atoms with Crippen LogP contribution in [0.15, 0.2) is 57.8 Å². The van der Waals surface area contributed by atoms with Crippen LogP contribution in [0, 0.1) is 0 Å². The Morgan fingerprint density at radius 1 is 1.00 bits per heavy atom. The number of piperidine rings is 1. The molecular weight excluding hydrogens is 456 g/mol. The van der Waals surface area contributed by atoms with Gasteiger partial charge in [-0.25, -0.2) is 4.98 Å². The summed E-state index contributed by atoms with van der Waals surface area (Å²) in [6, 6.07) is 14.7. The summed E-state index contributed by atoms with van der Waals surface area (Å²) in [4.78, 5) is 22.6. The van der Waals surface area contributed by atoms with Gasteiger partial charge < -0.3 is 9.80 Å². The molecular formula is C24H24N4O3S2. The second kappa shape index (κ2) is 7.92. The highest BCUT2D eigenvalue weighted by molar-refractivity contribution is 7.90. The van der Waals surface area contributed by atoms with E-state index in [1.165, 1.54) is 4.70 Å². The molecule has 1 aromatic heterocycles. The van der Waals surface area contributed by atoms with E-state index in [1.54, 1.807) is 29.5 Å². The standard InChI is InChI=1S/C24H24N4O3S2/c29-24(27-13-5-7-16(15-27)23-25-18-9-2-3-11-20(18)32-23)19-10-6-14-28(19)22-17-8-1-4-12-21(17)33(30,31)26-22/h1-4,8-9,11-12,16,19H,5-7,10,13-15H2/t16-,19+/m1/s1. The summed E-state index contributed by atoms with van der Waals surface area (Å²) in [6.45, 7) is 2.02. The van der Waals surface area contributed by atoms with E-state index in [9.17, 15) is 13.2 Å². The molecule has 2 saturated heterocycles. The van der Waals surface area contributed by atoms with Gasteiger partial charge in [-0.1, -0.05) is 24.3 Å². The molecule has 2 fully saturated rings. The zero-order valence-corrected chi connectivity index (χ0v) is 19.7. The number of hydrogen-bond donors (Lipinski definition) is 0. The van der Waals surface area contributed by atoms with Crippen molar-refractivity contribution < 1.29 is 13.2 Å². The molecule has 3 aliphatic heterocycles. The molecule has 0 radical (unpaired) electrons. The summed E-state index contributed by atoms with van der Waals surface area (Å²) in [5.41, 5.74) is 1.62. The fourth-order valence-corrected chi connectivity index (χ4v) is 7.54. The Bertz CT molecular complexity index is 1350. The van der Waals surface area contributed by atoms with E-state index in [-0.39, 0.29) is 22.8 Å². The van der Waals surface area contributed by atoms with Gasteiger partial charge >= 0.3 is 0 Å². The van der Waals surface area contributed by atoms with Gasteiger partial charge in [-0.15, -0.1) is 15.7 Å². The molecule has 3 aromatic rings.